The molecule has 1 saturated carbocycles. The predicted molar refractivity (Wildman–Crippen MR) is 78.4 cm³/mol. The van der Waals surface area contributed by atoms with Gasteiger partial charge < -0.3 is 5.32 Å². The molecular weight excluding hydrogens is 256 g/mol. The van der Waals surface area contributed by atoms with E-state index in [1.807, 2.05) is 0 Å². The number of nitrogens with one attached hydrogen (secondary N) is 1. The zero-order valence-corrected chi connectivity index (χ0v) is 12.5. The van der Waals surface area contributed by atoms with Crippen molar-refractivity contribution in [3.05, 3.63) is 35.4 Å². The Morgan fingerprint density at radius 3 is 2.55 bits per heavy atom. The minimum atomic E-state index is -0.374. The maximum absolute atomic E-state index is 13.6. The van der Waals surface area contributed by atoms with Crippen LogP contribution in [0.5, 0.6) is 0 Å². The van der Waals surface area contributed by atoms with E-state index in [0.29, 0.717) is 23.4 Å². The van der Waals surface area contributed by atoms with Crippen LogP contribution in [0.3, 0.4) is 0 Å². The number of halogens is 2. The largest absolute Gasteiger partial charge is 0.312 e. The van der Waals surface area contributed by atoms with Crippen molar-refractivity contribution in [3.8, 4) is 0 Å². The number of rotatable bonds is 6. The third kappa shape index (κ3) is 4.02. The van der Waals surface area contributed by atoms with Gasteiger partial charge in [0.05, 0.1) is 0 Å². The van der Waals surface area contributed by atoms with Crippen LogP contribution in [0.4, 0.5) is 8.78 Å². The summed E-state index contributed by atoms with van der Waals surface area (Å²) in [6, 6.07) is 3.65. The molecule has 0 radical (unpaired) electrons. The fraction of sp³-hybridized carbons (Fsp3) is 0.647. The Hall–Kier alpha value is -0.960. The molecule has 1 aromatic rings. The van der Waals surface area contributed by atoms with Gasteiger partial charge in [-0.15, -0.1) is 0 Å². The van der Waals surface area contributed by atoms with Gasteiger partial charge in [-0.05, 0) is 48.8 Å². The highest BCUT2D eigenvalue weighted by Gasteiger charge is 2.33. The van der Waals surface area contributed by atoms with Crippen molar-refractivity contribution in [2.24, 2.45) is 11.3 Å². The van der Waals surface area contributed by atoms with Crippen LogP contribution in [0.1, 0.15) is 51.5 Å². The van der Waals surface area contributed by atoms with E-state index in [-0.39, 0.29) is 11.6 Å². The normalized spacial score (nSPS) is 17.9. The molecule has 0 heterocycles. The van der Waals surface area contributed by atoms with E-state index in [0.717, 1.165) is 12.6 Å². The monoisotopic (exact) mass is 281 g/mol. The van der Waals surface area contributed by atoms with Gasteiger partial charge in [-0.3, -0.25) is 0 Å². The Kier molecular flexibility index (Phi) is 5.14. The average molecular weight is 281 g/mol. The fourth-order valence-corrected chi connectivity index (χ4v) is 3.59. The van der Waals surface area contributed by atoms with Crippen molar-refractivity contribution in [3.63, 3.8) is 0 Å². The van der Waals surface area contributed by atoms with Crippen LogP contribution in [0.2, 0.25) is 0 Å². The first kappa shape index (κ1) is 15.4. The zero-order valence-electron chi connectivity index (χ0n) is 12.5. The molecule has 0 atom stereocenters. The lowest BCUT2D eigenvalue weighted by atomic mass is 9.78. The Morgan fingerprint density at radius 1 is 1.20 bits per heavy atom. The maximum atomic E-state index is 13.6. The van der Waals surface area contributed by atoms with Crippen LogP contribution < -0.4 is 5.32 Å². The molecule has 112 valence electrons. The van der Waals surface area contributed by atoms with Crippen molar-refractivity contribution < 1.29 is 8.78 Å². The summed E-state index contributed by atoms with van der Waals surface area (Å²) in [6.45, 7) is 5.82. The van der Waals surface area contributed by atoms with Crippen LogP contribution in [0.25, 0.3) is 0 Å². The van der Waals surface area contributed by atoms with Crippen molar-refractivity contribution in [1.82, 2.24) is 5.32 Å². The lowest BCUT2D eigenvalue weighted by Crippen LogP contribution is -2.33. The van der Waals surface area contributed by atoms with E-state index < -0.39 is 0 Å². The Balaban J connectivity index is 1.91. The van der Waals surface area contributed by atoms with E-state index in [9.17, 15) is 8.78 Å². The Morgan fingerprint density at radius 2 is 1.90 bits per heavy atom. The molecule has 0 bridgehead atoms. The molecule has 0 saturated heterocycles. The molecule has 0 aromatic heterocycles. The molecule has 1 aromatic carbocycles. The topological polar surface area (TPSA) is 12.0 Å². The highest BCUT2D eigenvalue weighted by Crippen LogP contribution is 2.42. The van der Waals surface area contributed by atoms with E-state index in [2.05, 4.69) is 19.2 Å². The molecule has 1 N–H and O–H groups in total. The van der Waals surface area contributed by atoms with Gasteiger partial charge in [0, 0.05) is 18.7 Å². The molecule has 20 heavy (non-hydrogen) atoms. The first-order valence-electron chi connectivity index (χ1n) is 7.65. The molecule has 1 fully saturated rings. The average Bonchev–Trinajstić information content (AvgIpc) is 2.81. The molecule has 3 heteroatoms. The van der Waals surface area contributed by atoms with Gasteiger partial charge in [0.15, 0.2) is 0 Å². The third-order valence-corrected chi connectivity index (χ3v) is 4.33. The number of hydrogen-bond acceptors (Lipinski definition) is 1. The minimum Gasteiger partial charge on any atom is -0.312 e. The summed E-state index contributed by atoms with van der Waals surface area (Å²) in [6.07, 6.45) is 6.31. The summed E-state index contributed by atoms with van der Waals surface area (Å²) in [5.74, 6) is -0.0232. The first-order valence-corrected chi connectivity index (χ1v) is 7.65. The highest BCUT2D eigenvalue weighted by molar-refractivity contribution is 5.18. The van der Waals surface area contributed by atoms with Crippen molar-refractivity contribution in [2.45, 2.75) is 52.5 Å². The summed E-state index contributed by atoms with van der Waals surface area (Å²) >= 11 is 0. The second-order valence-electron chi connectivity index (χ2n) is 6.64. The van der Waals surface area contributed by atoms with Crippen molar-refractivity contribution in [1.29, 1.82) is 0 Å². The zero-order chi connectivity index (χ0) is 14.6. The Bertz CT molecular complexity index is 437. The molecule has 1 nitrogen and oxygen atoms in total. The van der Waals surface area contributed by atoms with Crippen LogP contribution in [0.15, 0.2) is 18.2 Å². The lowest BCUT2D eigenvalue weighted by Gasteiger charge is -2.31. The summed E-state index contributed by atoms with van der Waals surface area (Å²) in [7, 11) is 0. The molecule has 0 aliphatic heterocycles. The van der Waals surface area contributed by atoms with Gasteiger partial charge in [0.2, 0.25) is 0 Å². The van der Waals surface area contributed by atoms with E-state index in [1.165, 1.54) is 44.2 Å². The summed E-state index contributed by atoms with van der Waals surface area (Å²) in [4.78, 5) is 0. The number of hydrogen-bond donors (Lipinski definition) is 1. The van der Waals surface area contributed by atoms with Gasteiger partial charge in [-0.2, -0.15) is 0 Å². The molecule has 1 aliphatic rings. The predicted octanol–water partition coefficient (Wildman–Crippen LogP) is 4.66. The van der Waals surface area contributed by atoms with Crippen LogP contribution in [-0.4, -0.2) is 6.54 Å². The first-order chi connectivity index (χ1) is 9.51. The van der Waals surface area contributed by atoms with Crippen LogP contribution >= 0.6 is 0 Å². The van der Waals surface area contributed by atoms with Gasteiger partial charge >= 0.3 is 0 Å². The number of benzene rings is 1. The van der Waals surface area contributed by atoms with Gasteiger partial charge in [-0.25, -0.2) is 8.78 Å². The second-order valence-corrected chi connectivity index (χ2v) is 6.64. The summed E-state index contributed by atoms with van der Waals surface area (Å²) in [5.41, 5.74) is 0.778. The maximum Gasteiger partial charge on any atom is 0.127 e. The molecule has 1 aliphatic carbocycles. The van der Waals surface area contributed by atoms with E-state index >= 15 is 0 Å². The van der Waals surface area contributed by atoms with E-state index in [4.69, 9.17) is 0 Å². The molecule has 0 spiro atoms. The standard InChI is InChI=1S/C17H25F2N/c1-13(2)10-17(7-3-4-8-17)12-20-11-14-9-15(18)5-6-16(14)19/h5-6,9,13,20H,3-4,7-8,10-12H2,1-2H3. The molecular formula is C17H25F2N. The summed E-state index contributed by atoms with van der Waals surface area (Å²) < 4.78 is 26.7. The lowest BCUT2D eigenvalue weighted by molar-refractivity contribution is 0.223. The van der Waals surface area contributed by atoms with Crippen LogP contribution in [0, 0.1) is 23.0 Å². The van der Waals surface area contributed by atoms with Gasteiger partial charge in [-0.1, -0.05) is 26.7 Å². The third-order valence-electron chi connectivity index (χ3n) is 4.33. The van der Waals surface area contributed by atoms with Crippen molar-refractivity contribution in [2.75, 3.05) is 6.54 Å². The minimum absolute atomic E-state index is 0.330. The van der Waals surface area contributed by atoms with Crippen molar-refractivity contribution >= 4 is 0 Å². The summed E-state index contributed by atoms with van der Waals surface area (Å²) in [5, 5.41) is 3.35. The van der Waals surface area contributed by atoms with Gasteiger partial charge in [0.1, 0.15) is 11.6 Å². The smallest absolute Gasteiger partial charge is 0.127 e. The SMILES string of the molecule is CC(C)CC1(CNCc2cc(F)ccc2F)CCCC1. The molecule has 0 amide bonds. The Labute approximate surface area is 120 Å². The molecule has 0 unspecified atom stereocenters. The molecule has 2 rings (SSSR count). The van der Waals surface area contributed by atoms with Crippen LogP contribution in [-0.2, 0) is 6.54 Å². The van der Waals surface area contributed by atoms with Gasteiger partial charge in [0.25, 0.3) is 0 Å². The van der Waals surface area contributed by atoms with E-state index in [1.54, 1.807) is 0 Å². The fourth-order valence-electron chi connectivity index (χ4n) is 3.59. The highest BCUT2D eigenvalue weighted by atomic mass is 19.1. The second kappa shape index (κ2) is 6.66. The quantitative estimate of drug-likeness (QED) is 0.799.